The molecule has 0 spiro atoms. The Morgan fingerprint density at radius 1 is 0.738 bits per heavy atom. The molecule has 0 aliphatic rings. The van der Waals surface area contributed by atoms with Gasteiger partial charge in [-0.25, -0.2) is 4.98 Å². The molecule has 3 rings (SSSR count). The van der Waals surface area contributed by atoms with Crippen LogP contribution in [-0.2, 0) is 6.54 Å². The fourth-order valence-corrected chi connectivity index (χ4v) is 7.10. The second kappa shape index (κ2) is 21.1. The minimum atomic E-state index is 0.0549. The first-order chi connectivity index (χ1) is 20.6. The van der Waals surface area contributed by atoms with E-state index in [4.69, 9.17) is 9.72 Å². The topological polar surface area (TPSA) is 44.1 Å². The first-order valence-corrected chi connectivity index (χ1v) is 18.7. The normalized spacial score (nSPS) is 11.5. The Bertz CT molecular complexity index is 1200. The zero-order valence-electron chi connectivity index (χ0n) is 26.4. The monoisotopic (exact) mass is 658 g/mol. The fourth-order valence-electron chi connectivity index (χ4n) is 5.70. The number of hydrogen-bond acceptors (Lipinski definition) is 4. The molecule has 0 aromatic carbocycles. The van der Waals surface area contributed by atoms with Crippen LogP contribution in [0.1, 0.15) is 142 Å². The third-order valence-electron chi connectivity index (χ3n) is 8.24. The van der Waals surface area contributed by atoms with Crippen LogP contribution in [0.2, 0.25) is 0 Å². The van der Waals surface area contributed by atoms with Gasteiger partial charge >= 0.3 is 0 Å². The van der Waals surface area contributed by atoms with Gasteiger partial charge < -0.3 is 4.74 Å². The number of halogens is 1. The van der Waals surface area contributed by atoms with E-state index in [1.165, 1.54) is 109 Å². The van der Waals surface area contributed by atoms with Gasteiger partial charge in [0.1, 0.15) is 11.4 Å². The van der Waals surface area contributed by atoms with Gasteiger partial charge in [0.15, 0.2) is 0 Å². The summed E-state index contributed by atoms with van der Waals surface area (Å²) >= 11 is 5.17. The van der Waals surface area contributed by atoms with Crippen LogP contribution in [0.25, 0.3) is 21.5 Å². The van der Waals surface area contributed by atoms with Crippen molar-refractivity contribution in [3.8, 4) is 16.2 Å². The number of unbranched alkanes of at least 4 members (excludes halogenated alkanes) is 18. The van der Waals surface area contributed by atoms with Gasteiger partial charge in [0, 0.05) is 16.8 Å². The molecule has 42 heavy (non-hydrogen) atoms. The summed E-state index contributed by atoms with van der Waals surface area (Å²) in [6, 6.07) is 8.12. The number of aromatic nitrogens is 2. The lowest BCUT2D eigenvalue weighted by atomic mass is 10.1. The van der Waals surface area contributed by atoms with Crippen molar-refractivity contribution in [3.63, 3.8) is 0 Å². The molecule has 0 saturated carbocycles. The smallest absolute Gasteiger partial charge is 0.260 e. The summed E-state index contributed by atoms with van der Waals surface area (Å²) in [6.07, 6.45) is 27.7. The Kier molecular flexibility index (Phi) is 17.5. The summed E-state index contributed by atoms with van der Waals surface area (Å²) < 4.78 is 9.05. The second-order valence-corrected chi connectivity index (χ2v) is 14.4. The Labute approximate surface area is 267 Å². The van der Waals surface area contributed by atoms with Crippen LogP contribution in [-0.4, -0.2) is 16.2 Å². The Morgan fingerprint density at radius 3 is 1.83 bits per heavy atom. The maximum Gasteiger partial charge on any atom is 0.260 e. The van der Waals surface area contributed by atoms with Gasteiger partial charge in [-0.05, 0) is 53.0 Å². The van der Waals surface area contributed by atoms with E-state index in [2.05, 4.69) is 35.8 Å². The number of thiophene rings is 1. The highest BCUT2D eigenvalue weighted by atomic mass is 79.9. The summed E-state index contributed by atoms with van der Waals surface area (Å²) in [5.41, 5.74) is 1.57. The van der Waals surface area contributed by atoms with Crippen molar-refractivity contribution >= 4 is 38.3 Å². The molecule has 6 heteroatoms. The van der Waals surface area contributed by atoms with E-state index in [1.807, 2.05) is 22.8 Å². The van der Waals surface area contributed by atoms with E-state index in [9.17, 15) is 4.79 Å². The van der Waals surface area contributed by atoms with E-state index in [0.29, 0.717) is 13.2 Å². The average molecular weight is 660 g/mol. The van der Waals surface area contributed by atoms with Crippen molar-refractivity contribution in [2.24, 2.45) is 0 Å². The molecule has 3 aromatic heterocycles. The minimum Gasteiger partial charge on any atom is -0.492 e. The van der Waals surface area contributed by atoms with Crippen LogP contribution in [0.3, 0.4) is 0 Å². The standard InChI is InChI=1S/C36H55BrN2O2S/c1-3-5-7-9-11-13-15-17-19-21-25-39-35-30(28-32(36(39)40)33-23-24-34(37)42-33)27-31(29-38-35)41-26-22-20-18-16-14-12-10-8-6-4-2/h23-24,27-29H,3-22,25-26H2,1-2H3. The lowest BCUT2D eigenvalue weighted by Gasteiger charge is -2.13. The Morgan fingerprint density at radius 2 is 1.29 bits per heavy atom. The molecular weight excluding hydrogens is 604 g/mol. The molecule has 3 aromatic rings. The highest BCUT2D eigenvalue weighted by Gasteiger charge is 2.14. The minimum absolute atomic E-state index is 0.0549. The van der Waals surface area contributed by atoms with Gasteiger partial charge in [-0.3, -0.25) is 9.36 Å². The quantitative estimate of drug-likeness (QED) is 0.0899. The van der Waals surface area contributed by atoms with Crippen molar-refractivity contribution in [1.29, 1.82) is 0 Å². The number of nitrogens with zero attached hydrogens (tertiary/aromatic N) is 2. The van der Waals surface area contributed by atoms with Gasteiger partial charge in [0.2, 0.25) is 0 Å². The molecule has 234 valence electrons. The van der Waals surface area contributed by atoms with Crippen LogP contribution < -0.4 is 10.3 Å². The summed E-state index contributed by atoms with van der Waals surface area (Å²) in [4.78, 5) is 19.4. The maximum atomic E-state index is 13.6. The second-order valence-electron chi connectivity index (χ2n) is 11.9. The van der Waals surface area contributed by atoms with Crippen molar-refractivity contribution in [2.45, 2.75) is 149 Å². The van der Waals surface area contributed by atoms with Gasteiger partial charge in [0.05, 0.1) is 22.2 Å². The largest absolute Gasteiger partial charge is 0.492 e. The summed E-state index contributed by atoms with van der Waals surface area (Å²) in [6.45, 7) is 5.96. The van der Waals surface area contributed by atoms with Gasteiger partial charge in [0.25, 0.3) is 5.56 Å². The Hall–Kier alpha value is -1.66. The predicted molar refractivity (Wildman–Crippen MR) is 186 cm³/mol. The molecule has 0 N–H and O–H groups in total. The molecule has 0 saturated heterocycles. The van der Waals surface area contributed by atoms with Crippen LogP contribution in [0.4, 0.5) is 0 Å². The van der Waals surface area contributed by atoms with Gasteiger partial charge in [-0.15, -0.1) is 11.3 Å². The lowest BCUT2D eigenvalue weighted by molar-refractivity contribution is 0.303. The third kappa shape index (κ3) is 12.5. The highest BCUT2D eigenvalue weighted by molar-refractivity contribution is 9.11. The van der Waals surface area contributed by atoms with E-state index in [1.54, 1.807) is 17.5 Å². The molecule has 0 radical (unpaired) electrons. The molecule has 0 unspecified atom stereocenters. The van der Waals surface area contributed by atoms with E-state index in [0.717, 1.165) is 50.3 Å². The molecule has 0 fully saturated rings. The molecule has 0 atom stereocenters. The van der Waals surface area contributed by atoms with Crippen molar-refractivity contribution in [1.82, 2.24) is 9.55 Å². The summed E-state index contributed by atoms with van der Waals surface area (Å²) in [5, 5.41) is 0.974. The highest BCUT2D eigenvalue weighted by Crippen LogP contribution is 2.31. The number of rotatable bonds is 24. The number of pyridine rings is 2. The molecule has 3 heterocycles. The van der Waals surface area contributed by atoms with Crippen LogP contribution in [0, 0.1) is 0 Å². The van der Waals surface area contributed by atoms with Crippen molar-refractivity contribution < 1.29 is 4.74 Å². The van der Waals surface area contributed by atoms with Crippen LogP contribution >= 0.6 is 27.3 Å². The molecule has 0 aliphatic carbocycles. The number of aryl methyl sites for hydroxylation is 1. The van der Waals surface area contributed by atoms with Crippen LogP contribution in [0.5, 0.6) is 5.75 Å². The van der Waals surface area contributed by atoms with Crippen LogP contribution in [0.15, 0.2) is 39.0 Å². The van der Waals surface area contributed by atoms with Gasteiger partial charge in [-0.2, -0.15) is 0 Å². The van der Waals surface area contributed by atoms with Crippen molar-refractivity contribution in [3.05, 3.63) is 44.6 Å². The lowest BCUT2D eigenvalue weighted by Crippen LogP contribution is -2.23. The van der Waals surface area contributed by atoms with E-state index < -0.39 is 0 Å². The zero-order valence-corrected chi connectivity index (χ0v) is 28.8. The summed E-state index contributed by atoms with van der Waals surface area (Å²) in [7, 11) is 0. The van der Waals surface area contributed by atoms with Crippen molar-refractivity contribution in [2.75, 3.05) is 6.61 Å². The first-order valence-electron chi connectivity index (χ1n) is 17.1. The molecule has 4 nitrogen and oxygen atoms in total. The average Bonchev–Trinajstić information content (AvgIpc) is 3.43. The third-order valence-corrected chi connectivity index (χ3v) is 9.90. The first kappa shape index (κ1) is 34.8. The summed E-state index contributed by atoms with van der Waals surface area (Å²) in [5.74, 6) is 0.792. The van der Waals surface area contributed by atoms with E-state index in [-0.39, 0.29) is 5.56 Å². The maximum absolute atomic E-state index is 13.6. The molecule has 0 amide bonds. The number of hydrogen-bond donors (Lipinski definition) is 0. The number of ether oxygens (including phenoxy) is 1. The SMILES string of the molecule is CCCCCCCCCCCCOc1cnc2c(c1)cc(-c1ccc(Br)s1)c(=O)n2CCCCCCCCCCCC. The Balaban J connectivity index is 1.53. The predicted octanol–water partition coefficient (Wildman–Crippen LogP) is 12.1. The molecule has 0 bridgehead atoms. The fraction of sp³-hybridized carbons (Fsp3) is 0.667. The van der Waals surface area contributed by atoms with Gasteiger partial charge in [-0.1, -0.05) is 129 Å². The molecule has 0 aliphatic heterocycles. The van der Waals surface area contributed by atoms with E-state index >= 15 is 0 Å². The zero-order chi connectivity index (χ0) is 29.8. The number of fused-ring (bicyclic) bond motifs is 1. The molecular formula is C36H55BrN2O2S.